The van der Waals surface area contributed by atoms with Crippen LogP contribution in [0.3, 0.4) is 0 Å². The Kier molecular flexibility index (Phi) is 8.64. The molecule has 5 nitrogen and oxygen atoms in total. The van der Waals surface area contributed by atoms with Gasteiger partial charge < -0.3 is 20.2 Å². The van der Waals surface area contributed by atoms with E-state index in [9.17, 15) is 9.50 Å². The van der Waals surface area contributed by atoms with Crippen molar-refractivity contribution in [3.05, 3.63) is 59.8 Å². The normalized spacial score (nSPS) is 12.4. The molecule has 3 N–H and O–H groups in total. The van der Waals surface area contributed by atoms with Crippen molar-refractivity contribution < 1.29 is 13.9 Å². The number of rotatable bonds is 6. The molecular weight excluding hydrogens is 412 g/mol. The zero-order valence-corrected chi connectivity index (χ0v) is 15.2. The van der Waals surface area contributed by atoms with Gasteiger partial charge in [0.2, 0.25) is 0 Å². The maximum atomic E-state index is 12.9. The van der Waals surface area contributed by atoms with E-state index in [0.717, 1.165) is 5.76 Å². The molecular formula is C16H21FIN3O2. The number of halogens is 2. The van der Waals surface area contributed by atoms with Crippen molar-refractivity contribution >= 4 is 29.9 Å². The van der Waals surface area contributed by atoms with Crippen molar-refractivity contribution in [2.24, 2.45) is 4.99 Å². The van der Waals surface area contributed by atoms with Crippen molar-refractivity contribution in [3.63, 3.8) is 0 Å². The number of aliphatic hydroxyl groups is 1. The van der Waals surface area contributed by atoms with Gasteiger partial charge in [0.15, 0.2) is 5.96 Å². The molecule has 0 saturated carbocycles. The minimum atomic E-state index is -0.743. The summed E-state index contributed by atoms with van der Waals surface area (Å²) in [5.41, 5.74) is 0.649. The number of benzene rings is 1. The predicted octanol–water partition coefficient (Wildman–Crippen LogP) is 2.83. The first-order valence-corrected chi connectivity index (χ1v) is 7.17. The Hall–Kier alpha value is -1.61. The van der Waals surface area contributed by atoms with Gasteiger partial charge in [0.1, 0.15) is 18.1 Å². The fourth-order valence-electron chi connectivity index (χ4n) is 1.90. The van der Waals surface area contributed by atoms with Gasteiger partial charge in [-0.25, -0.2) is 9.38 Å². The topological polar surface area (TPSA) is 69.8 Å². The van der Waals surface area contributed by atoms with Crippen LogP contribution in [0.2, 0.25) is 0 Å². The molecule has 0 amide bonds. The Labute approximate surface area is 152 Å². The fraction of sp³-hybridized carbons (Fsp3) is 0.312. The molecule has 1 heterocycles. The smallest absolute Gasteiger partial charge is 0.191 e. The molecule has 0 spiro atoms. The van der Waals surface area contributed by atoms with Crippen molar-refractivity contribution in [2.45, 2.75) is 19.6 Å². The lowest BCUT2D eigenvalue weighted by molar-refractivity contribution is 0.180. The van der Waals surface area contributed by atoms with Gasteiger partial charge >= 0.3 is 0 Å². The van der Waals surface area contributed by atoms with Gasteiger partial charge in [-0.3, -0.25) is 0 Å². The van der Waals surface area contributed by atoms with Gasteiger partial charge in [0.05, 0.1) is 12.4 Å². The lowest BCUT2D eigenvalue weighted by Crippen LogP contribution is -2.39. The van der Waals surface area contributed by atoms with Gasteiger partial charge in [-0.2, -0.15) is 0 Å². The van der Waals surface area contributed by atoms with E-state index in [1.807, 2.05) is 19.1 Å². The molecule has 7 heteroatoms. The SMILES string of the molecule is CCNC(=NCc1ccco1)NCC(O)c1ccc(F)cc1.I. The van der Waals surface area contributed by atoms with Crippen LogP contribution in [-0.2, 0) is 6.54 Å². The number of aliphatic imine (C=N–C) groups is 1. The summed E-state index contributed by atoms with van der Waals surface area (Å²) in [5.74, 6) is 1.02. The first-order valence-electron chi connectivity index (χ1n) is 7.17. The average molecular weight is 433 g/mol. The van der Waals surface area contributed by atoms with Crippen molar-refractivity contribution in [1.29, 1.82) is 0 Å². The summed E-state index contributed by atoms with van der Waals surface area (Å²) < 4.78 is 18.1. The molecule has 1 atom stereocenters. The molecule has 0 aliphatic heterocycles. The van der Waals surface area contributed by atoms with E-state index in [0.29, 0.717) is 24.6 Å². The van der Waals surface area contributed by atoms with Gasteiger partial charge in [-0.15, -0.1) is 24.0 Å². The van der Waals surface area contributed by atoms with Crippen molar-refractivity contribution in [2.75, 3.05) is 13.1 Å². The molecule has 1 aromatic heterocycles. The molecule has 0 radical (unpaired) electrons. The van der Waals surface area contributed by atoms with Crippen LogP contribution in [0.25, 0.3) is 0 Å². The van der Waals surface area contributed by atoms with Crippen LogP contribution < -0.4 is 10.6 Å². The van der Waals surface area contributed by atoms with Gasteiger partial charge in [-0.1, -0.05) is 12.1 Å². The number of furan rings is 1. The maximum absolute atomic E-state index is 12.9. The number of aliphatic hydroxyl groups excluding tert-OH is 1. The molecule has 23 heavy (non-hydrogen) atoms. The van der Waals surface area contributed by atoms with E-state index in [2.05, 4.69) is 15.6 Å². The van der Waals surface area contributed by atoms with E-state index in [-0.39, 0.29) is 36.3 Å². The lowest BCUT2D eigenvalue weighted by atomic mass is 10.1. The molecule has 0 aliphatic rings. The summed E-state index contributed by atoms with van der Waals surface area (Å²) in [6, 6.07) is 9.44. The minimum Gasteiger partial charge on any atom is -0.467 e. The quantitative estimate of drug-likeness (QED) is 0.373. The summed E-state index contributed by atoms with van der Waals surface area (Å²) in [4.78, 5) is 4.37. The van der Waals surface area contributed by atoms with Crippen LogP contribution in [0.15, 0.2) is 52.1 Å². The second-order valence-electron chi connectivity index (χ2n) is 4.72. The van der Waals surface area contributed by atoms with Crippen molar-refractivity contribution in [3.8, 4) is 0 Å². The van der Waals surface area contributed by atoms with E-state index in [4.69, 9.17) is 4.42 Å². The summed E-state index contributed by atoms with van der Waals surface area (Å²) in [6.45, 7) is 3.35. The summed E-state index contributed by atoms with van der Waals surface area (Å²) in [6.07, 6.45) is 0.858. The zero-order valence-electron chi connectivity index (χ0n) is 12.8. The first-order chi connectivity index (χ1) is 10.7. The maximum Gasteiger partial charge on any atom is 0.191 e. The highest BCUT2D eigenvalue weighted by Gasteiger charge is 2.08. The highest BCUT2D eigenvalue weighted by atomic mass is 127. The zero-order chi connectivity index (χ0) is 15.8. The van der Waals surface area contributed by atoms with Crippen LogP contribution in [0.4, 0.5) is 4.39 Å². The first kappa shape index (κ1) is 19.4. The van der Waals surface area contributed by atoms with E-state index in [1.165, 1.54) is 12.1 Å². The van der Waals surface area contributed by atoms with E-state index >= 15 is 0 Å². The second kappa shape index (κ2) is 10.2. The predicted molar refractivity (Wildman–Crippen MR) is 98.3 cm³/mol. The number of guanidine groups is 1. The Morgan fingerprint density at radius 2 is 2.00 bits per heavy atom. The lowest BCUT2D eigenvalue weighted by Gasteiger charge is -2.15. The average Bonchev–Trinajstić information content (AvgIpc) is 3.04. The molecule has 0 aliphatic carbocycles. The van der Waals surface area contributed by atoms with E-state index in [1.54, 1.807) is 18.4 Å². The van der Waals surface area contributed by atoms with Crippen LogP contribution in [0.5, 0.6) is 0 Å². The third-order valence-corrected chi connectivity index (χ3v) is 3.03. The second-order valence-corrected chi connectivity index (χ2v) is 4.72. The number of nitrogens with one attached hydrogen (secondary N) is 2. The summed E-state index contributed by atoms with van der Waals surface area (Å²) in [5, 5.41) is 16.2. The molecule has 0 fully saturated rings. The fourth-order valence-corrected chi connectivity index (χ4v) is 1.90. The number of hydrogen-bond donors (Lipinski definition) is 3. The number of nitrogens with zero attached hydrogens (tertiary/aromatic N) is 1. The largest absolute Gasteiger partial charge is 0.467 e. The van der Waals surface area contributed by atoms with Crippen LogP contribution in [0, 0.1) is 5.82 Å². The van der Waals surface area contributed by atoms with Gasteiger partial charge in [0.25, 0.3) is 0 Å². The molecule has 2 rings (SSSR count). The summed E-state index contributed by atoms with van der Waals surface area (Å²) in [7, 11) is 0. The van der Waals surface area contributed by atoms with Gasteiger partial charge in [0, 0.05) is 13.1 Å². The van der Waals surface area contributed by atoms with Crippen LogP contribution >= 0.6 is 24.0 Å². The monoisotopic (exact) mass is 433 g/mol. The Bertz CT molecular complexity index is 588. The standard InChI is InChI=1S/C16H20FN3O2.HI/c1-2-18-16(19-10-14-4-3-9-22-14)20-11-15(21)12-5-7-13(17)8-6-12;/h3-9,15,21H,2,10-11H2,1H3,(H2,18,19,20);1H. The highest BCUT2D eigenvalue weighted by molar-refractivity contribution is 14.0. The highest BCUT2D eigenvalue weighted by Crippen LogP contribution is 2.12. The van der Waals surface area contributed by atoms with Crippen LogP contribution in [-0.4, -0.2) is 24.2 Å². The Balaban J connectivity index is 0.00000264. The van der Waals surface area contributed by atoms with Crippen molar-refractivity contribution in [1.82, 2.24) is 10.6 Å². The molecule has 0 bridgehead atoms. The Morgan fingerprint density at radius 1 is 1.26 bits per heavy atom. The Morgan fingerprint density at radius 3 is 2.61 bits per heavy atom. The molecule has 0 saturated heterocycles. The van der Waals surface area contributed by atoms with Gasteiger partial charge in [-0.05, 0) is 36.8 Å². The minimum absolute atomic E-state index is 0. The molecule has 126 valence electrons. The third kappa shape index (κ3) is 6.57. The molecule has 1 unspecified atom stereocenters. The summed E-state index contributed by atoms with van der Waals surface area (Å²) >= 11 is 0. The number of hydrogen-bond acceptors (Lipinski definition) is 3. The molecule has 2 aromatic rings. The van der Waals surface area contributed by atoms with Crippen LogP contribution in [0.1, 0.15) is 24.4 Å². The molecule has 1 aromatic carbocycles. The van der Waals surface area contributed by atoms with E-state index < -0.39 is 6.10 Å². The third-order valence-electron chi connectivity index (χ3n) is 3.03.